The van der Waals surface area contributed by atoms with E-state index in [1.165, 1.54) is 32.7 Å². The molecule has 2 amide bonds. The normalized spacial score (nSPS) is 12.0. The number of sulfonamides is 2. The Morgan fingerprint density at radius 1 is 1.21 bits per heavy atom. The van der Waals surface area contributed by atoms with E-state index >= 15 is 0 Å². The van der Waals surface area contributed by atoms with Crippen LogP contribution in [0.15, 0.2) is 16.3 Å². The molecule has 2 N–H and O–H groups in total. The van der Waals surface area contributed by atoms with Crippen molar-refractivity contribution in [2.75, 3.05) is 32.3 Å². The summed E-state index contributed by atoms with van der Waals surface area (Å²) in [5, 5.41) is 3.70. The van der Waals surface area contributed by atoms with Gasteiger partial charge in [0.25, 0.3) is 10.0 Å². The Bertz CT molecular complexity index is 1100. The number of carbonyl (C=O) groups is 1. The third-order valence-corrected chi connectivity index (χ3v) is 7.86. The first kappa shape index (κ1) is 22.9. The molecule has 12 nitrogen and oxygen atoms in total. The van der Waals surface area contributed by atoms with Gasteiger partial charge in [-0.25, -0.2) is 30.7 Å². The standard InChI is InChI=1S/C14H20N6O6S3/c1-9-15-12(18-14(16-9)26-4)17-13(21)19-29(24,25)11-5-7-27-10(11)6-8-28(22,23)20(2)3/h5,7H,6,8H2,1-4H3,(H2,15,16,17,18,19,21). The first-order chi connectivity index (χ1) is 13.4. The molecule has 15 heteroatoms. The lowest BCUT2D eigenvalue weighted by Crippen LogP contribution is -2.35. The summed E-state index contributed by atoms with van der Waals surface area (Å²) < 4.78 is 56.7. The van der Waals surface area contributed by atoms with Crippen molar-refractivity contribution < 1.29 is 26.4 Å². The Labute approximate surface area is 172 Å². The summed E-state index contributed by atoms with van der Waals surface area (Å²) >= 11 is 1.08. The maximum absolute atomic E-state index is 12.6. The number of hydrogen-bond donors (Lipinski definition) is 2. The monoisotopic (exact) mass is 464 g/mol. The van der Waals surface area contributed by atoms with Crippen molar-refractivity contribution in [3.05, 3.63) is 22.1 Å². The molecule has 0 unspecified atom stereocenters. The number of anilines is 1. The number of rotatable bonds is 8. The Balaban J connectivity index is 2.13. The van der Waals surface area contributed by atoms with Gasteiger partial charge in [-0.05, 0) is 24.8 Å². The Kier molecular flexibility index (Phi) is 7.10. The zero-order chi connectivity index (χ0) is 21.8. The van der Waals surface area contributed by atoms with Gasteiger partial charge in [-0.2, -0.15) is 15.0 Å². The molecule has 0 aliphatic heterocycles. The van der Waals surface area contributed by atoms with Crippen LogP contribution in [0.25, 0.3) is 0 Å². The van der Waals surface area contributed by atoms with Gasteiger partial charge in [0.15, 0.2) is 0 Å². The summed E-state index contributed by atoms with van der Waals surface area (Å²) in [4.78, 5) is 23.8. The van der Waals surface area contributed by atoms with Crippen molar-refractivity contribution in [2.24, 2.45) is 0 Å². The van der Waals surface area contributed by atoms with Gasteiger partial charge in [0.2, 0.25) is 16.0 Å². The van der Waals surface area contributed by atoms with Crippen molar-refractivity contribution in [3.63, 3.8) is 0 Å². The van der Waals surface area contributed by atoms with Crippen molar-refractivity contribution in [3.8, 4) is 6.01 Å². The molecule has 0 saturated heterocycles. The highest BCUT2D eigenvalue weighted by molar-refractivity contribution is 7.90. The molecule has 2 heterocycles. The van der Waals surface area contributed by atoms with Crippen LogP contribution in [0.1, 0.15) is 10.7 Å². The largest absolute Gasteiger partial charge is 0.467 e. The van der Waals surface area contributed by atoms with E-state index in [0.717, 1.165) is 15.6 Å². The predicted molar refractivity (Wildman–Crippen MR) is 106 cm³/mol. The molecular weight excluding hydrogens is 444 g/mol. The van der Waals surface area contributed by atoms with E-state index in [1.54, 1.807) is 6.92 Å². The summed E-state index contributed by atoms with van der Waals surface area (Å²) in [6.07, 6.45) is -0.0140. The highest BCUT2D eigenvalue weighted by atomic mass is 32.2. The van der Waals surface area contributed by atoms with Crippen LogP contribution >= 0.6 is 11.3 Å². The molecule has 0 aliphatic carbocycles. The van der Waals surface area contributed by atoms with Gasteiger partial charge in [-0.15, -0.1) is 11.3 Å². The van der Waals surface area contributed by atoms with Gasteiger partial charge in [-0.1, -0.05) is 0 Å². The van der Waals surface area contributed by atoms with E-state index < -0.39 is 26.1 Å². The number of amides is 2. The number of aryl methyl sites for hydroxylation is 2. The number of thiophene rings is 1. The lowest BCUT2D eigenvalue weighted by atomic mass is 10.4. The van der Waals surface area contributed by atoms with Gasteiger partial charge in [0.05, 0.1) is 12.9 Å². The quantitative estimate of drug-likeness (QED) is 0.556. The molecule has 2 rings (SSSR count). The van der Waals surface area contributed by atoms with E-state index in [4.69, 9.17) is 4.74 Å². The predicted octanol–water partition coefficient (Wildman–Crippen LogP) is 0.194. The minimum absolute atomic E-state index is 0.0140. The average molecular weight is 465 g/mol. The summed E-state index contributed by atoms with van der Waals surface area (Å²) in [7, 11) is -3.62. The van der Waals surface area contributed by atoms with E-state index in [9.17, 15) is 21.6 Å². The van der Waals surface area contributed by atoms with Crippen molar-refractivity contribution in [2.45, 2.75) is 18.2 Å². The molecule has 29 heavy (non-hydrogen) atoms. The second-order valence-electron chi connectivity index (χ2n) is 5.81. The number of ether oxygens (including phenoxy) is 1. The van der Waals surface area contributed by atoms with Crippen LogP contribution in [0, 0.1) is 6.92 Å². The average Bonchev–Trinajstić information content (AvgIpc) is 3.08. The van der Waals surface area contributed by atoms with E-state index in [-0.39, 0.29) is 34.9 Å². The number of methoxy groups -OCH3 is 1. The van der Waals surface area contributed by atoms with Gasteiger partial charge in [0, 0.05) is 19.0 Å². The van der Waals surface area contributed by atoms with E-state index in [1.807, 2.05) is 4.72 Å². The second-order valence-corrected chi connectivity index (χ2v) is 10.8. The number of carbonyl (C=O) groups excluding carboxylic acids is 1. The van der Waals surface area contributed by atoms with Gasteiger partial charge in [0.1, 0.15) is 10.7 Å². The maximum atomic E-state index is 12.6. The highest BCUT2D eigenvalue weighted by Crippen LogP contribution is 2.23. The van der Waals surface area contributed by atoms with Gasteiger partial charge in [-0.3, -0.25) is 5.32 Å². The zero-order valence-corrected chi connectivity index (χ0v) is 18.5. The van der Waals surface area contributed by atoms with Crippen LogP contribution in [0.4, 0.5) is 10.7 Å². The molecule has 2 aromatic heterocycles. The molecule has 0 radical (unpaired) electrons. The van der Waals surface area contributed by atoms with Crippen LogP contribution in [0.5, 0.6) is 6.01 Å². The van der Waals surface area contributed by atoms with Crippen LogP contribution in [-0.2, 0) is 26.5 Å². The molecule has 0 aliphatic rings. The van der Waals surface area contributed by atoms with Gasteiger partial charge < -0.3 is 4.74 Å². The van der Waals surface area contributed by atoms with Crippen LogP contribution < -0.4 is 14.8 Å². The fourth-order valence-corrected chi connectivity index (χ4v) is 5.41. The summed E-state index contributed by atoms with van der Waals surface area (Å²) in [5.74, 6) is -0.194. The Morgan fingerprint density at radius 3 is 2.52 bits per heavy atom. The first-order valence-electron chi connectivity index (χ1n) is 8.01. The molecule has 0 atom stereocenters. The summed E-state index contributed by atoms with van der Waals surface area (Å²) in [6, 6.07) is 0.169. The van der Waals surface area contributed by atoms with Crippen LogP contribution in [-0.4, -0.2) is 69.1 Å². The van der Waals surface area contributed by atoms with Crippen LogP contribution in [0.3, 0.4) is 0 Å². The van der Waals surface area contributed by atoms with Gasteiger partial charge >= 0.3 is 12.0 Å². The number of urea groups is 1. The fourth-order valence-electron chi connectivity index (χ4n) is 2.06. The Hall–Kier alpha value is -2.36. The molecule has 2 aromatic rings. The molecule has 0 saturated carbocycles. The summed E-state index contributed by atoms with van der Waals surface area (Å²) in [6.45, 7) is 1.55. The highest BCUT2D eigenvalue weighted by Gasteiger charge is 2.24. The lowest BCUT2D eigenvalue weighted by Gasteiger charge is -2.12. The molecular formula is C14H20N6O6S3. The number of hydrogen-bond acceptors (Lipinski definition) is 10. The smallest absolute Gasteiger partial charge is 0.335 e. The second kappa shape index (κ2) is 8.98. The zero-order valence-electron chi connectivity index (χ0n) is 16.0. The maximum Gasteiger partial charge on any atom is 0.335 e. The van der Waals surface area contributed by atoms with Crippen molar-refractivity contribution in [1.29, 1.82) is 0 Å². The Morgan fingerprint density at radius 2 is 1.90 bits per heavy atom. The molecule has 160 valence electrons. The summed E-state index contributed by atoms with van der Waals surface area (Å²) in [5.41, 5.74) is 0. The third-order valence-electron chi connectivity index (χ3n) is 3.50. The van der Waals surface area contributed by atoms with Crippen LogP contribution in [0.2, 0.25) is 0 Å². The minimum atomic E-state index is -4.24. The topological polar surface area (TPSA) is 161 Å². The fraction of sp³-hybridized carbons (Fsp3) is 0.429. The molecule has 0 bridgehead atoms. The minimum Gasteiger partial charge on any atom is -0.467 e. The SMILES string of the molecule is COc1nc(C)nc(NC(=O)NS(=O)(=O)c2ccsc2CCS(=O)(=O)N(C)C)n1. The molecule has 0 aromatic carbocycles. The first-order valence-corrected chi connectivity index (χ1v) is 12.0. The van der Waals surface area contributed by atoms with Crippen molar-refractivity contribution >= 4 is 43.4 Å². The molecule has 0 fully saturated rings. The number of aromatic nitrogens is 3. The van der Waals surface area contributed by atoms with Crippen molar-refractivity contribution in [1.82, 2.24) is 24.0 Å². The van der Waals surface area contributed by atoms with E-state index in [0.29, 0.717) is 4.88 Å². The third kappa shape index (κ3) is 6.06. The lowest BCUT2D eigenvalue weighted by molar-refractivity contribution is 0.256. The molecule has 0 spiro atoms. The van der Waals surface area contributed by atoms with E-state index in [2.05, 4.69) is 20.3 Å². The number of nitrogens with zero attached hydrogens (tertiary/aromatic N) is 4. The number of nitrogens with one attached hydrogen (secondary N) is 2.